The van der Waals surface area contributed by atoms with E-state index in [0.29, 0.717) is 23.0 Å². The van der Waals surface area contributed by atoms with Gasteiger partial charge in [0, 0.05) is 34.9 Å². The zero-order chi connectivity index (χ0) is 20.8. The van der Waals surface area contributed by atoms with Gasteiger partial charge in [0.1, 0.15) is 6.04 Å². The Morgan fingerprint density at radius 3 is 2.57 bits per heavy atom. The predicted octanol–water partition coefficient (Wildman–Crippen LogP) is 4.26. The van der Waals surface area contributed by atoms with Gasteiger partial charge in [-0.25, -0.2) is 14.6 Å². The van der Waals surface area contributed by atoms with E-state index in [1.807, 2.05) is 18.4 Å². The van der Waals surface area contributed by atoms with E-state index in [4.69, 9.17) is 23.2 Å². The Balaban J connectivity index is 2.15. The molecule has 0 aliphatic heterocycles. The average Bonchev–Trinajstić information content (AvgIpc) is 3.03. The highest BCUT2D eigenvalue weighted by Gasteiger charge is 2.30. The molecule has 1 heterocycles. The molecule has 0 aliphatic carbocycles. The minimum absolute atomic E-state index is 0.0496. The van der Waals surface area contributed by atoms with Crippen molar-refractivity contribution in [3.8, 4) is 0 Å². The number of hydrogen-bond donors (Lipinski definition) is 2. The second-order valence-corrected chi connectivity index (χ2v) is 7.80. The zero-order valence-corrected chi connectivity index (χ0v) is 17.2. The van der Waals surface area contributed by atoms with E-state index in [1.165, 1.54) is 0 Å². The summed E-state index contributed by atoms with van der Waals surface area (Å²) in [6.07, 6.45) is 2.58. The molecule has 1 unspecified atom stereocenters. The second kappa shape index (κ2) is 9.80. The van der Waals surface area contributed by atoms with Gasteiger partial charge in [-0.1, -0.05) is 37.0 Å². The third-order valence-corrected chi connectivity index (χ3v) is 4.96. The summed E-state index contributed by atoms with van der Waals surface area (Å²) in [5.74, 6) is -1.09. The maximum absolute atomic E-state index is 11.7. The van der Waals surface area contributed by atoms with Crippen LogP contribution < -0.4 is 0 Å². The van der Waals surface area contributed by atoms with Crippen LogP contribution in [0.3, 0.4) is 0 Å². The van der Waals surface area contributed by atoms with Gasteiger partial charge in [-0.3, -0.25) is 4.90 Å². The summed E-state index contributed by atoms with van der Waals surface area (Å²) in [6.45, 7) is 4.20. The molecule has 28 heavy (non-hydrogen) atoms. The summed E-state index contributed by atoms with van der Waals surface area (Å²) in [4.78, 5) is 28.3. The standard InChI is InChI=1S/C19H23Cl2N3O4/c1-12(2)7-17(18(25)26)24(19(27)28)6-5-15-9-22-11-23(15)10-13-8-14(20)3-4-16(13)21/h3-4,8-9,11-12,17H,5-7,10H2,1-2H3,(H,25,26)(H,27,28). The van der Waals surface area contributed by atoms with Gasteiger partial charge in [0.05, 0.1) is 12.9 Å². The number of carboxylic acid groups (broad SMARTS) is 2. The van der Waals surface area contributed by atoms with Crippen molar-refractivity contribution in [2.24, 2.45) is 5.92 Å². The van der Waals surface area contributed by atoms with Crippen molar-refractivity contribution >= 4 is 35.3 Å². The largest absolute Gasteiger partial charge is 0.480 e. The topological polar surface area (TPSA) is 95.7 Å². The van der Waals surface area contributed by atoms with E-state index < -0.39 is 18.1 Å². The van der Waals surface area contributed by atoms with Crippen LogP contribution >= 0.6 is 23.2 Å². The Morgan fingerprint density at radius 1 is 1.25 bits per heavy atom. The lowest BCUT2D eigenvalue weighted by atomic mass is 10.0. The van der Waals surface area contributed by atoms with Crippen LogP contribution in [0.2, 0.25) is 10.0 Å². The molecule has 2 N–H and O–H groups in total. The predicted molar refractivity (Wildman–Crippen MR) is 107 cm³/mol. The van der Waals surface area contributed by atoms with Crippen LogP contribution in [0.4, 0.5) is 4.79 Å². The van der Waals surface area contributed by atoms with Crippen LogP contribution in [0.1, 0.15) is 31.5 Å². The van der Waals surface area contributed by atoms with Crippen molar-refractivity contribution in [1.82, 2.24) is 14.5 Å². The van der Waals surface area contributed by atoms with E-state index in [2.05, 4.69) is 4.98 Å². The number of carboxylic acids is 1. The highest BCUT2D eigenvalue weighted by atomic mass is 35.5. The zero-order valence-electron chi connectivity index (χ0n) is 15.7. The molecule has 1 aromatic carbocycles. The van der Waals surface area contributed by atoms with Crippen molar-refractivity contribution < 1.29 is 19.8 Å². The summed E-state index contributed by atoms with van der Waals surface area (Å²) in [6, 6.07) is 4.09. The number of aliphatic carboxylic acids is 1. The molecule has 0 bridgehead atoms. The maximum Gasteiger partial charge on any atom is 0.408 e. The molecule has 1 aromatic heterocycles. The van der Waals surface area contributed by atoms with Gasteiger partial charge >= 0.3 is 12.1 Å². The highest BCUT2D eigenvalue weighted by Crippen LogP contribution is 2.22. The van der Waals surface area contributed by atoms with Gasteiger partial charge in [0.15, 0.2) is 0 Å². The number of benzene rings is 1. The van der Waals surface area contributed by atoms with E-state index in [0.717, 1.165) is 16.2 Å². The van der Waals surface area contributed by atoms with Gasteiger partial charge in [-0.15, -0.1) is 0 Å². The molecule has 0 radical (unpaired) electrons. The molecular formula is C19H23Cl2N3O4. The summed E-state index contributed by atoms with van der Waals surface area (Å²) < 4.78 is 1.84. The molecule has 7 nitrogen and oxygen atoms in total. The van der Waals surface area contributed by atoms with Crippen LogP contribution in [0.5, 0.6) is 0 Å². The van der Waals surface area contributed by atoms with E-state index in [1.54, 1.807) is 30.7 Å². The first-order valence-corrected chi connectivity index (χ1v) is 9.60. The number of aromatic nitrogens is 2. The van der Waals surface area contributed by atoms with Crippen molar-refractivity contribution in [2.45, 2.75) is 39.3 Å². The molecule has 9 heteroatoms. The molecule has 2 aromatic rings. The molecule has 0 aliphatic rings. The first-order valence-electron chi connectivity index (χ1n) is 8.84. The third kappa shape index (κ3) is 5.87. The van der Waals surface area contributed by atoms with Crippen molar-refractivity contribution in [3.05, 3.63) is 52.0 Å². The van der Waals surface area contributed by atoms with Crippen molar-refractivity contribution in [3.63, 3.8) is 0 Å². The number of hydrogen-bond acceptors (Lipinski definition) is 3. The average molecular weight is 428 g/mol. The first kappa shape index (κ1) is 22.0. The lowest BCUT2D eigenvalue weighted by Gasteiger charge is -2.27. The molecular weight excluding hydrogens is 405 g/mol. The minimum atomic E-state index is -1.25. The van der Waals surface area contributed by atoms with Crippen LogP contribution in [0.15, 0.2) is 30.7 Å². The highest BCUT2D eigenvalue weighted by molar-refractivity contribution is 6.33. The van der Waals surface area contributed by atoms with Gasteiger partial charge in [-0.05, 0) is 36.1 Å². The minimum Gasteiger partial charge on any atom is -0.480 e. The number of halogens is 2. The second-order valence-electron chi connectivity index (χ2n) is 6.96. The Labute approximate surface area is 173 Å². The third-order valence-electron chi connectivity index (χ3n) is 4.36. The summed E-state index contributed by atoms with van der Waals surface area (Å²) in [7, 11) is 0. The Hall–Kier alpha value is -2.25. The molecule has 0 saturated heterocycles. The summed E-state index contributed by atoms with van der Waals surface area (Å²) >= 11 is 12.2. The molecule has 1 atom stereocenters. The van der Waals surface area contributed by atoms with Crippen molar-refractivity contribution in [2.75, 3.05) is 6.54 Å². The Morgan fingerprint density at radius 2 is 1.96 bits per heavy atom. The normalized spacial score (nSPS) is 12.2. The van der Waals surface area contributed by atoms with Crippen molar-refractivity contribution in [1.29, 1.82) is 0 Å². The monoisotopic (exact) mass is 427 g/mol. The molecule has 0 fully saturated rings. The Bertz CT molecular complexity index is 838. The summed E-state index contributed by atoms with van der Waals surface area (Å²) in [5.41, 5.74) is 1.59. The van der Waals surface area contributed by atoms with Crippen LogP contribution in [-0.2, 0) is 17.8 Å². The number of nitrogens with zero attached hydrogens (tertiary/aromatic N) is 3. The number of imidazole rings is 1. The van der Waals surface area contributed by atoms with Crippen LogP contribution in [0.25, 0.3) is 0 Å². The van der Waals surface area contributed by atoms with Gasteiger partial charge < -0.3 is 14.8 Å². The number of rotatable bonds is 9. The lowest BCUT2D eigenvalue weighted by molar-refractivity contribution is -0.143. The van der Waals surface area contributed by atoms with E-state index in [9.17, 15) is 19.8 Å². The fourth-order valence-corrected chi connectivity index (χ4v) is 3.35. The van der Waals surface area contributed by atoms with E-state index in [-0.39, 0.29) is 18.9 Å². The van der Waals surface area contributed by atoms with E-state index >= 15 is 0 Å². The first-order chi connectivity index (χ1) is 13.2. The molecule has 0 spiro atoms. The van der Waals surface area contributed by atoms with Crippen LogP contribution in [0, 0.1) is 5.92 Å². The molecule has 152 valence electrons. The summed E-state index contributed by atoms with van der Waals surface area (Å²) in [5, 5.41) is 20.1. The number of carbonyl (C=O) groups is 2. The molecule has 1 amide bonds. The SMILES string of the molecule is CC(C)CC(C(=O)O)N(CCc1cncn1Cc1cc(Cl)ccc1Cl)C(=O)O. The fraction of sp³-hybridized carbons (Fsp3) is 0.421. The Kier molecular flexibility index (Phi) is 7.71. The van der Waals surface area contributed by atoms with Gasteiger partial charge in [-0.2, -0.15) is 0 Å². The number of amides is 1. The molecule has 2 rings (SSSR count). The fourth-order valence-electron chi connectivity index (χ4n) is 2.97. The van der Waals surface area contributed by atoms with Crippen LogP contribution in [-0.4, -0.2) is 49.3 Å². The van der Waals surface area contributed by atoms with Gasteiger partial charge in [0.2, 0.25) is 0 Å². The molecule has 0 saturated carbocycles. The lowest BCUT2D eigenvalue weighted by Crippen LogP contribution is -2.46. The van der Waals surface area contributed by atoms with Gasteiger partial charge in [0.25, 0.3) is 0 Å². The smallest absolute Gasteiger partial charge is 0.408 e. The quantitative estimate of drug-likeness (QED) is 0.622. The maximum atomic E-state index is 11.7.